The van der Waals surface area contributed by atoms with Crippen LogP contribution < -0.4 is 5.73 Å². The number of hydrogen-bond acceptors (Lipinski definition) is 5. The molecule has 3 N–H and O–H groups in total. The van der Waals surface area contributed by atoms with E-state index in [2.05, 4.69) is 10.2 Å². The number of rotatable bonds is 5. The second kappa shape index (κ2) is 6.89. The van der Waals surface area contributed by atoms with Gasteiger partial charge in [0.25, 0.3) is 10.1 Å². The van der Waals surface area contributed by atoms with Crippen LogP contribution >= 0.6 is 0 Å². The van der Waals surface area contributed by atoms with E-state index in [1.807, 2.05) is 26.0 Å². The van der Waals surface area contributed by atoms with Crippen LogP contribution in [-0.2, 0) is 23.0 Å². The highest BCUT2D eigenvalue weighted by molar-refractivity contribution is 7.85. The summed E-state index contributed by atoms with van der Waals surface area (Å²) in [4.78, 5) is -0.175. The SMILES string of the molecule is CCc1cc(N=Nc2ccc(S(=O)(=O)O)cc2)c(CC)cc1N. The van der Waals surface area contributed by atoms with Crippen molar-refractivity contribution in [3.05, 3.63) is 47.5 Å². The molecule has 0 heterocycles. The average molecular weight is 333 g/mol. The number of anilines is 1. The number of aryl methyl sites for hydroxylation is 2. The monoisotopic (exact) mass is 333 g/mol. The standard InChI is InChI=1S/C16H19N3O3S/c1-3-11-10-16(12(4-2)9-15(11)17)19-18-13-5-7-14(8-6-13)23(20,21)22/h5-10H,3-4,17H2,1-2H3,(H,20,21,22). The van der Waals surface area contributed by atoms with Gasteiger partial charge in [-0.15, -0.1) is 0 Å². The van der Waals surface area contributed by atoms with Gasteiger partial charge in [-0.2, -0.15) is 18.6 Å². The lowest BCUT2D eigenvalue weighted by Crippen LogP contribution is -1.96. The molecule has 0 unspecified atom stereocenters. The molecule has 0 bridgehead atoms. The van der Waals surface area contributed by atoms with Crippen molar-refractivity contribution in [1.82, 2.24) is 0 Å². The van der Waals surface area contributed by atoms with Gasteiger partial charge in [-0.3, -0.25) is 4.55 Å². The van der Waals surface area contributed by atoms with Crippen molar-refractivity contribution in [3.63, 3.8) is 0 Å². The van der Waals surface area contributed by atoms with Gasteiger partial charge in [0, 0.05) is 5.69 Å². The number of nitrogens with zero attached hydrogens (tertiary/aromatic N) is 2. The van der Waals surface area contributed by atoms with Gasteiger partial charge in [0.2, 0.25) is 0 Å². The Hall–Kier alpha value is -2.25. The highest BCUT2D eigenvalue weighted by Crippen LogP contribution is 2.28. The normalized spacial score (nSPS) is 12.0. The largest absolute Gasteiger partial charge is 0.398 e. The summed E-state index contributed by atoms with van der Waals surface area (Å²) in [6.45, 7) is 4.03. The molecule has 0 saturated carbocycles. The van der Waals surface area contributed by atoms with E-state index in [1.54, 1.807) is 0 Å². The number of nitrogen functional groups attached to an aromatic ring is 1. The summed E-state index contributed by atoms with van der Waals surface area (Å²) >= 11 is 0. The van der Waals surface area contributed by atoms with Crippen LogP contribution in [-0.4, -0.2) is 13.0 Å². The smallest absolute Gasteiger partial charge is 0.294 e. The Morgan fingerprint density at radius 3 is 2.13 bits per heavy atom. The van der Waals surface area contributed by atoms with Crippen LogP contribution in [0.4, 0.5) is 17.1 Å². The Labute approximate surface area is 135 Å². The van der Waals surface area contributed by atoms with Crippen molar-refractivity contribution in [3.8, 4) is 0 Å². The molecular weight excluding hydrogens is 314 g/mol. The van der Waals surface area contributed by atoms with E-state index in [-0.39, 0.29) is 4.90 Å². The molecule has 122 valence electrons. The molecule has 0 aliphatic carbocycles. The van der Waals surface area contributed by atoms with E-state index in [4.69, 9.17) is 10.3 Å². The summed E-state index contributed by atoms with van der Waals surface area (Å²) < 4.78 is 30.9. The quantitative estimate of drug-likeness (QED) is 0.489. The van der Waals surface area contributed by atoms with Gasteiger partial charge in [0.05, 0.1) is 16.3 Å². The van der Waals surface area contributed by atoms with Crippen molar-refractivity contribution in [2.45, 2.75) is 31.6 Å². The third-order valence-electron chi connectivity index (χ3n) is 3.51. The van der Waals surface area contributed by atoms with E-state index in [9.17, 15) is 8.42 Å². The fraction of sp³-hybridized carbons (Fsp3) is 0.250. The first-order chi connectivity index (χ1) is 10.8. The molecule has 0 aromatic heterocycles. The Kier molecular flexibility index (Phi) is 5.12. The topological polar surface area (TPSA) is 105 Å². The molecule has 7 heteroatoms. The Morgan fingerprint density at radius 1 is 1.00 bits per heavy atom. The molecule has 0 radical (unpaired) electrons. The average Bonchev–Trinajstić information content (AvgIpc) is 2.52. The maximum Gasteiger partial charge on any atom is 0.294 e. The zero-order chi connectivity index (χ0) is 17.0. The number of nitrogens with two attached hydrogens (primary N) is 1. The number of azo groups is 1. The lowest BCUT2D eigenvalue weighted by molar-refractivity contribution is 0.483. The summed E-state index contributed by atoms with van der Waals surface area (Å²) in [6.07, 6.45) is 1.59. The van der Waals surface area contributed by atoms with Gasteiger partial charge in [-0.05, 0) is 60.4 Å². The molecule has 0 fully saturated rings. The summed E-state index contributed by atoms with van der Waals surface area (Å²) in [5, 5.41) is 8.37. The molecular formula is C16H19N3O3S. The highest BCUT2D eigenvalue weighted by Gasteiger charge is 2.09. The van der Waals surface area contributed by atoms with Gasteiger partial charge in [0.1, 0.15) is 0 Å². The van der Waals surface area contributed by atoms with Crippen LogP contribution in [0.25, 0.3) is 0 Å². The molecule has 0 amide bonds. The molecule has 0 atom stereocenters. The van der Waals surface area contributed by atoms with Crippen LogP contribution in [0.5, 0.6) is 0 Å². The third kappa shape index (κ3) is 4.14. The van der Waals surface area contributed by atoms with Crippen LogP contribution in [0.1, 0.15) is 25.0 Å². The first-order valence-corrected chi connectivity index (χ1v) is 8.69. The predicted molar refractivity (Wildman–Crippen MR) is 90.0 cm³/mol. The van der Waals surface area contributed by atoms with E-state index < -0.39 is 10.1 Å². The van der Waals surface area contributed by atoms with Gasteiger partial charge in [0.15, 0.2) is 0 Å². The van der Waals surface area contributed by atoms with Crippen LogP contribution in [0, 0.1) is 0 Å². The van der Waals surface area contributed by atoms with E-state index >= 15 is 0 Å². The Balaban J connectivity index is 2.33. The fourth-order valence-corrected chi connectivity index (χ4v) is 2.65. The fourth-order valence-electron chi connectivity index (χ4n) is 2.17. The highest BCUT2D eigenvalue weighted by atomic mass is 32.2. The Morgan fingerprint density at radius 2 is 1.61 bits per heavy atom. The van der Waals surface area contributed by atoms with E-state index in [1.165, 1.54) is 24.3 Å². The van der Waals surface area contributed by atoms with Crippen LogP contribution in [0.2, 0.25) is 0 Å². The van der Waals surface area contributed by atoms with E-state index in [0.29, 0.717) is 5.69 Å². The van der Waals surface area contributed by atoms with Crippen LogP contribution in [0.15, 0.2) is 51.5 Å². The van der Waals surface area contributed by atoms with Crippen molar-refractivity contribution < 1.29 is 13.0 Å². The van der Waals surface area contributed by atoms with Gasteiger partial charge < -0.3 is 5.73 Å². The molecule has 0 aliphatic heterocycles. The molecule has 6 nitrogen and oxygen atoms in total. The lowest BCUT2D eigenvalue weighted by Gasteiger charge is -2.08. The zero-order valence-electron chi connectivity index (χ0n) is 13.0. The van der Waals surface area contributed by atoms with Gasteiger partial charge in [-0.1, -0.05) is 13.8 Å². The van der Waals surface area contributed by atoms with Crippen LogP contribution in [0.3, 0.4) is 0 Å². The summed E-state index contributed by atoms with van der Waals surface area (Å²) in [7, 11) is -4.20. The summed E-state index contributed by atoms with van der Waals surface area (Å²) in [6, 6.07) is 9.36. The van der Waals surface area contributed by atoms with Gasteiger partial charge in [-0.25, -0.2) is 0 Å². The molecule has 2 aromatic rings. The van der Waals surface area contributed by atoms with Crippen molar-refractivity contribution >= 4 is 27.2 Å². The van der Waals surface area contributed by atoms with Crippen molar-refractivity contribution in [2.75, 3.05) is 5.73 Å². The van der Waals surface area contributed by atoms with E-state index in [0.717, 1.165) is 35.3 Å². The maximum atomic E-state index is 11.0. The van der Waals surface area contributed by atoms with Crippen molar-refractivity contribution in [2.24, 2.45) is 10.2 Å². The maximum absolute atomic E-state index is 11.0. The number of hydrogen-bond donors (Lipinski definition) is 2. The summed E-state index contributed by atoms with van der Waals surface area (Å²) in [5.74, 6) is 0. The minimum absolute atomic E-state index is 0.175. The second-order valence-electron chi connectivity index (χ2n) is 5.06. The molecule has 23 heavy (non-hydrogen) atoms. The molecule has 0 aliphatic rings. The van der Waals surface area contributed by atoms with Crippen molar-refractivity contribution in [1.29, 1.82) is 0 Å². The molecule has 2 rings (SSSR count). The molecule has 0 spiro atoms. The van der Waals surface area contributed by atoms with Gasteiger partial charge >= 0.3 is 0 Å². The first kappa shape index (κ1) is 17.1. The second-order valence-corrected chi connectivity index (χ2v) is 6.48. The lowest BCUT2D eigenvalue weighted by atomic mass is 10.0. The Bertz CT molecular complexity index is 828. The zero-order valence-corrected chi connectivity index (χ0v) is 13.8. The minimum atomic E-state index is -4.20. The minimum Gasteiger partial charge on any atom is -0.398 e. The predicted octanol–water partition coefficient (Wildman–Crippen LogP) is 4.06. The summed E-state index contributed by atoms with van der Waals surface area (Å²) in [5.41, 5.74) is 9.99. The molecule has 2 aromatic carbocycles. The third-order valence-corrected chi connectivity index (χ3v) is 4.38. The number of benzene rings is 2. The molecule has 0 saturated heterocycles. The first-order valence-electron chi connectivity index (χ1n) is 7.25.